The van der Waals surface area contributed by atoms with Gasteiger partial charge in [0, 0.05) is 23.4 Å². The third kappa shape index (κ3) is 3.67. The van der Waals surface area contributed by atoms with Crippen molar-refractivity contribution in [1.82, 2.24) is 0 Å². The minimum Gasteiger partial charge on any atom is -0.326 e. The molecule has 0 aromatic heterocycles. The number of hydrogen-bond donors (Lipinski definition) is 1. The molecule has 0 aliphatic carbocycles. The van der Waals surface area contributed by atoms with E-state index in [1.165, 1.54) is 11.0 Å². The summed E-state index contributed by atoms with van der Waals surface area (Å²) in [7, 11) is -3.09. The molecule has 1 aromatic carbocycles. The zero-order valence-corrected chi connectivity index (χ0v) is 11.8. The van der Waals surface area contributed by atoms with Crippen LogP contribution in [0.25, 0.3) is 0 Å². The van der Waals surface area contributed by atoms with Crippen LogP contribution < -0.4 is 5.32 Å². The number of amides is 1. The van der Waals surface area contributed by atoms with E-state index in [0.717, 1.165) is 11.3 Å². The summed E-state index contributed by atoms with van der Waals surface area (Å²) in [5.41, 5.74) is 3.03. The molecular formula is C14H17NO3S. The van der Waals surface area contributed by atoms with Gasteiger partial charge in [-0.3, -0.25) is 4.79 Å². The van der Waals surface area contributed by atoms with Crippen molar-refractivity contribution in [3.8, 4) is 0 Å². The first kappa shape index (κ1) is 13.8. The highest BCUT2D eigenvalue weighted by Gasteiger charge is 2.23. The summed E-state index contributed by atoms with van der Waals surface area (Å²) in [6.45, 7) is 3.99. The van der Waals surface area contributed by atoms with Gasteiger partial charge in [0.15, 0.2) is 9.84 Å². The van der Waals surface area contributed by atoms with E-state index in [2.05, 4.69) is 5.32 Å². The van der Waals surface area contributed by atoms with Gasteiger partial charge in [-0.15, -0.1) is 0 Å². The Hall–Kier alpha value is -1.62. The first-order valence-corrected chi connectivity index (χ1v) is 7.85. The van der Waals surface area contributed by atoms with Crippen LogP contribution in [0.3, 0.4) is 0 Å². The number of carbonyl (C=O) groups is 1. The molecule has 0 saturated carbocycles. The average molecular weight is 279 g/mol. The highest BCUT2D eigenvalue weighted by Crippen LogP contribution is 2.20. The lowest BCUT2D eigenvalue weighted by Crippen LogP contribution is -2.17. The number of aryl methyl sites for hydroxylation is 2. The molecule has 0 fully saturated rings. The zero-order valence-electron chi connectivity index (χ0n) is 11.0. The first-order valence-electron chi connectivity index (χ1n) is 6.14. The minimum absolute atomic E-state index is 0.0351. The van der Waals surface area contributed by atoms with Crippen molar-refractivity contribution in [3.05, 3.63) is 40.8 Å². The third-order valence-electron chi connectivity index (χ3n) is 3.24. The molecule has 1 aromatic rings. The third-order valence-corrected chi connectivity index (χ3v) is 4.71. The van der Waals surface area contributed by atoms with Crippen molar-refractivity contribution >= 4 is 21.4 Å². The summed E-state index contributed by atoms with van der Waals surface area (Å²) in [6, 6.07) is 5.71. The van der Waals surface area contributed by atoms with Gasteiger partial charge < -0.3 is 5.32 Å². The molecule has 1 atom stereocenters. The highest BCUT2D eigenvalue weighted by molar-refractivity contribution is 7.94. The van der Waals surface area contributed by atoms with Gasteiger partial charge in [0.25, 0.3) is 0 Å². The van der Waals surface area contributed by atoms with Gasteiger partial charge >= 0.3 is 0 Å². The number of rotatable bonds is 3. The smallest absolute Gasteiger partial charge is 0.224 e. The topological polar surface area (TPSA) is 63.2 Å². The fourth-order valence-corrected chi connectivity index (χ4v) is 3.44. The molecule has 5 heteroatoms. The van der Waals surface area contributed by atoms with Gasteiger partial charge in [-0.05, 0) is 37.1 Å². The maximum atomic E-state index is 11.8. The normalized spacial score (nSPS) is 20.4. The summed E-state index contributed by atoms with van der Waals surface area (Å²) in [4.78, 5) is 11.8. The fraction of sp³-hybridized carbons (Fsp3) is 0.357. The maximum absolute atomic E-state index is 11.8. The Morgan fingerprint density at radius 3 is 2.63 bits per heavy atom. The number of nitrogens with one attached hydrogen (secondary N) is 1. The number of sulfone groups is 1. The van der Waals surface area contributed by atoms with E-state index in [1.54, 1.807) is 6.08 Å². The second-order valence-corrected chi connectivity index (χ2v) is 6.90. The van der Waals surface area contributed by atoms with Crippen molar-refractivity contribution in [1.29, 1.82) is 0 Å². The van der Waals surface area contributed by atoms with Crippen LogP contribution in [0.1, 0.15) is 17.5 Å². The summed E-state index contributed by atoms with van der Waals surface area (Å²) >= 11 is 0. The number of benzene rings is 1. The monoisotopic (exact) mass is 279 g/mol. The fourth-order valence-electron chi connectivity index (χ4n) is 2.04. The van der Waals surface area contributed by atoms with E-state index in [4.69, 9.17) is 0 Å². The van der Waals surface area contributed by atoms with E-state index < -0.39 is 9.84 Å². The van der Waals surface area contributed by atoms with Crippen LogP contribution >= 0.6 is 0 Å². The predicted molar refractivity (Wildman–Crippen MR) is 75.6 cm³/mol. The molecule has 0 saturated heterocycles. The lowest BCUT2D eigenvalue weighted by atomic mass is 10.1. The Labute approximate surface area is 113 Å². The van der Waals surface area contributed by atoms with Gasteiger partial charge in [-0.25, -0.2) is 8.42 Å². The Balaban J connectivity index is 1.95. The quantitative estimate of drug-likeness (QED) is 0.922. The van der Waals surface area contributed by atoms with E-state index in [-0.39, 0.29) is 24.0 Å². The molecule has 0 radical (unpaired) electrons. The molecule has 0 unspecified atom stereocenters. The van der Waals surface area contributed by atoms with Gasteiger partial charge in [0.05, 0.1) is 5.75 Å². The van der Waals surface area contributed by atoms with E-state index in [9.17, 15) is 13.2 Å². The molecule has 1 aliphatic heterocycles. The Morgan fingerprint density at radius 1 is 1.32 bits per heavy atom. The van der Waals surface area contributed by atoms with Gasteiger partial charge in [0.1, 0.15) is 0 Å². The van der Waals surface area contributed by atoms with Crippen LogP contribution in [0.5, 0.6) is 0 Å². The van der Waals surface area contributed by atoms with Crippen LogP contribution in [-0.4, -0.2) is 20.1 Å². The first-order chi connectivity index (χ1) is 8.85. The lowest BCUT2D eigenvalue weighted by molar-refractivity contribution is -0.116. The average Bonchev–Trinajstić information content (AvgIpc) is 2.63. The summed E-state index contributed by atoms with van der Waals surface area (Å²) in [5.74, 6) is -0.334. The molecule has 19 heavy (non-hydrogen) atoms. The zero-order chi connectivity index (χ0) is 14.0. The van der Waals surface area contributed by atoms with E-state index >= 15 is 0 Å². The van der Waals surface area contributed by atoms with Crippen LogP contribution in [0, 0.1) is 19.8 Å². The predicted octanol–water partition coefficient (Wildman–Crippen LogP) is 2.19. The number of carbonyl (C=O) groups excluding carboxylic acids is 1. The van der Waals surface area contributed by atoms with Crippen LogP contribution in [-0.2, 0) is 14.6 Å². The largest absolute Gasteiger partial charge is 0.326 e. The van der Waals surface area contributed by atoms with Crippen molar-refractivity contribution in [2.75, 3.05) is 11.1 Å². The SMILES string of the molecule is Cc1ccc(NC(=O)C[C@H]2C=CS(=O)(=O)C2)cc1C. The Morgan fingerprint density at radius 2 is 2.05 bits per heavy atom. The lowest BCUT2D eigenvalue weighted by Gasteiger charge is -2.09. The summed E-state index contributed by atoms with van der Waals surface area (Å²) in [5, 5.41) is 3.99. The number of anilines is 1. The molecule has 102 valence electrons. The second-order valence-electron chi connectivity index (χ2n) is 4.97. The van der Waals surface area contributed by atoms with Gasteiger partial charge in [-0.1, -0.05) is 12.1 Å². The Bertz CT molecular complexity index is 632. The van der Waals surface area contributed by atoms with Crippen LogP contribution in [0.4, 0.5) is 5.69 Å². The summed E-state index contributed by atoms with van der Waals surface area (Å²) < 4.78 is 22.5. The number of allylic oxidation sites excluding steroid dienone is 1. The van der Waals surface area contributed by atoms with Crippen LogP contribution in [0.15, 0.2) is 29.7 Å². The standard InChI is InChI=1S/C14H17NO3S/c1-10-3-4-13(7-11(10)2)15-14(16)8-12-5-6-19(17,18)9-12/h3-7,12H,8-9H2,1-2H3,(H,15,16)/t12-/m1/s1. The van der Waals surface area contributed by atoms with Crippen molar-refractivity contribution in [2.45, 2.75) is 20.3 Å². The molecule has 1 amide bonds. The van der Waals surface area contributed by atoms with Gasteiger partial charge in [-0.2, -0.15) is 0 Å². The molecule has 1 heterocycles. The van der Waals surface area contributed by atoms with Crippen molar-refractivity contribution in [2.24, 2.45) is 5.92 Å². The molecule has 0 spiro atoms. The molecule has 4 nitrogen and oxygen atoms in total. The Kier molecular flexibility index (Phi) is 3.75. The van der Waals surface area contributed by atoms with Crippen LogP contribution in [0.2, 0.25) is 0 Å². The van der Waals surface area contributed by atoms with Crippen molar-refractivity contribution < 1.29 is 13.2 Å². The molecule has 2 rings (SSSR count). The highest BCUT2D eigenvalue weighted by atomic mass is 32.2. The molecular weight excluding hydrogens is 262 g/mol. The number of hydrogen-bond acceptors (Lipinski definition) is 3. The summed E-state index contributed by atoms with van der Waals surface area (Å²) in [6.07, 6.45) is 1.79. The van der Waals surface area contributed by atoms with Crippen molar-refractivity contribution in [3.63, 3.8) is 0 Å². The molecule has 1 aliphatic rings. The molecule has 1 N–H and O–H groups in total. The minimum atomic E-state index is -3.09. The van der Waals surface area contributed by atoms with Gasteiger partial charge in [0.2, 0.25) is 5.91 Å². The van der Waals surface area contributed by atoms with E-state index in [1.807, 2.05) is 32.0 Å². The molecule has 0 bridgehead atoms. The second kappa shape index (κ2) is 5.17. The maximum Gasteiger partial charge on any atom is 0.224 e. The van der Waals surface area contributed by atoms with E-state index in [0.29, 0.717) is 0 Å².